The minimum atomic E-state index is 0. The summed E-state index contributed by atoms with van der Waals surface area (Å²) in [6.45, 7) is 3.10. The summed E-state index contributed by atoms with van der Waals surface area (Å²) in [7, 11) is 3.39. The minimum absolute atomic E-state index is 0. The molecule has 0 atom stereocenters. The molecule has 28 heavy (non-hydrogen) atoms. The van der Waals surface area contributed by atoms with Crippen LogP contribution in [0.4, 0.5) is 0 Å². The SMILES string of the molecule is CN=C(NCCCOc1ccccc1)NCc1ccc(OCCOC)nc1.I. The summed E-state index contributed by atoms with van der Waals surface area (Å²) < 4.78 is 16.1. The van der Waals surface area contributed by atoms with Crippen LogP contribution in [0.2, 0.25) is 0 Å². The van der Waals surface area contributed by atoms with Gasteiger partial charge in [0.15, 0.2) is 5.96 Å². The summed E-state index contributed by atoms with van der Waals surface area (Å²) in [6, 6.07) is 13.6. The average molecular weight is 500 g/mol. The molecular formula is C20H29IN4O3. The Hall–Kier alpha value is -2.07. The van der Waals surface area contributed by atoms with Crippen molar-refractivity contribution in [1.29, 1.82) is 0 Å². The molecule has 0 unspecified atom stereocenters. The Labute approximate surface area is 183 Å². The van der Waals surface area contributed by atoms with E-state index in [-0.39, 0.29) is 24.0 Å². The first-order chi connectivity index (χ1) is 13.3. The molecule has 2 N–H and O–H groups in total. The first-order valence-corrected chi connectivity index (χ1v) is 9.01. The third-order valence-electron chi connectivity index (χ3n) is 3.64. The van der Waals surface area contributed by atoms with Gasteiger partial charge in [0.25, 0.3) is 0 Å². The Morgan fingerprint density at radius 2 is 1.82 bits per heavy atom. The molecule has 2 aromatic rings. The largest absolute Gasteiger partial charge is 0.494 e. The lowest BCUT2D eigenvalue weighted by Crippen LogP contribution is -2.37. The zero-order valence-electron chi connectivity index (χ0n) is 16.4. The zero-order chi connectivity index (χ0) is 19.2. The number of nitrogens with one attached hydrogen (secondary N) is 2. The number of aromatic nitrogens is 1. The molecule has 0 radical (unpaired) electrons. The van der Waals surface area contributed by atoms with Crippen LogP contribution in [-0.2, 0) is 11.3 Å². The van der Waals surface area contributed by atoms with Gasteiger partial charge in [-0.3, -0.25) is 4.99 Å². The fourth-order valence-electron chi connectivity index (χ4n) is 2.22. The fraction of sp³-hybridized carbons (Fsp3) is 0.400. The van der Waals surface area contributed by atoms with E-state index in [2.05, 4.69) is 20.6 Å². The standard InChI is InChI=1S/C20H28N4O3.HI/c1-21-20(22-11-6-12-26-18-7-4-3-5-8-18)24-16-17-9-10-19(23-15-17)27-14-13-25-2;/h3-5,7-10,15H,6,11-14,16H2,1-2H3,(H2,21,22,24);1H. The highest BCUT2D eigenvalue weighted by Crippen LogP contribution is 2.08. The number of aliphatic imine (C=N–C) groups is 1. The smallest absolute Gasteiger partial charge is 0.213 e. The maximum atomic E-state index is 5.67. The van der Waals surface area contributed by atoms with Crippen LogP contribution in [0.5, 0.6) is 11.6 Å². The van der Waals surface area contributed by atoms with Gasteiger partial charge in [0.1, 0.15) is 12.4 Å². The zero-order valence-corrected chi connectivity index (χ0v) is 18.7. The molecule has 0 aliphatic heterocycles. The second-order valence-electron chi connectivity index (χ2n) is 5.71. The molecule has 1 aromatic carbocycles. The molecule has 0 saturated heterocycles. The predicted octanol–water partition coefficient (Wildman–Crippen LogP) is 2.86. The number of methoxy groups -OCH3 is 1. The molecule has 1 aromatic heterocycles. The molecule has 2 rings (SSSR count). The molecule has 0 spiro atoms. The highest BCUT2D eigenvalue weighted by Gasteiger charge is 2.00. The second kappa shape index (κ2) is 14.9. The van der Waals surface area contributed by atoms with Crippen molar-refractivity contribution in [2.75, 3.05) is 40.5 Å². The number of para-hydroxylation sites is 1. The van der Waals surface area contributed by atoms with Crippen molar-refractivity contribution in [2.24, 2.45) is 4.99 Å². The van der Waals surface area contributed by atoms with E-state index in [0.717, 1.165) is 30.2 Å². The number of guanidine groups is 1. The number of halogens is 1. The van der Waals surface area contributed by atoms with Crippen molar-refractivity contribution in [3.8, 4) is 11.6 Å². The lowest BCUT2D eigenvalue weighted by molar-refractivity contribution is 0.143. The van der Waals surface area contributed by atoms with Gasteiger partial charge in [-0.2, -0.15) is 0 Å². The number of pyridine rings is 1. The Balaban J connectivity index is 0.00000392. The fourth-order valence-corrected chi connectivity index (χ4v) is 2.22. The van der Waals surface area contributed by atoms with Gasteiger partial charge in [0, 0.05) is 39.5 Å². The molecule has 0 fully saturated rings. The van der Waals surface area contributed by atoms with Gasteiger partial charge in [0.05, 0.1) is 13.2 Å². The van der Waals surface area contributed by atoms with Crippen LogP contribution < -0.4 is 20.1 Å². The topological polar surface area (TPSA) is 77.0 Å². The van der Waals surface area contributed by atoms with Crippen molar-refractivity contribution in [1.82, 2.24) is 15.6 Å². The van der Waals surface area contributed by atoms with Crippen LogP contribution in [0.1, 0.15) is 12.0 Å². The average Bonchev–Trinajstić information content (AvgIpc) is 2.72. The van der Waals surface area contributed by atoms with Crippen LogP contribution >= 0.6 is 24.0 Å². The van der Waals surface area contributed by atoms with E-state index in [1.807, 2.05) is 42.5 Å². The minimum Gasteiger partial charge on any atom is -0.494 e. The van der Waals surface area contributed by atoms with E-state index < -0.39 is 0 Å². The van der Waals surface area contributed by atoms with E-state index in [1.165, 1.54) is 0 Å². The number of rotatable bonds is 11. The molecule has 0 aliphatic rings. The van der Waals surface area contributed by atoms with Crippen molar-refractivity contribution in [3.63, 3.8) is 0 Å². The van der Waals surface area contributed by atoms with Crippen LogP contribution in [0, 0.1) is 0 Å². The lowest BCUT2D eigenvalue weighted by atomic mass is 10.3. The van der Waals surface area contributed by atoms with Crippen LogP contribution in [0.25, 0.3) is 0 Å². The maximum absolute atomic E-state index is 5.67. The predicted molar refractivity (Wildman–Crippen MR) is 122 cm³/mol. The van der Waals surface area contributed by atoms with Crippen molar-refractivity contribution >= 4 is 29.9 Å². The maximum Gasteiger partial charge on any atom is 0.213 e. The van der Waals surface area contributed by atoms with Gasteiger partial charge in [-0.05, 0) is 24.1 Å². The first kappa shape index (κ1) is 24.0. The molecule has 7 nitrogen and oxygen atoms in total. The summed E-state index contributed by atoms with van der Waals surface area (Å²) in [5.74, 6) is 2.23. The molecule has 0 saturated carbocycles. The van der Waals surface area contributed by atoms with E-state index >= 15 is 0 Å². The molecule has 0 aliphatic carbocycles. The number of hydrogen-bond acceptors (Lipinski definition) is 5. The van der Waals surface area contributed by atoms with E-state index in [9.17, 15) is 0 Å². The third-order valence-corrected chi connectivity index (χ3v) is 3.64. The summed E-state index contributed by atoms with van der Waals surface area (Å²) in [4.78, 5) is 8.50. The van der Waals surface area contributed by atoms with Gasteiger partial charge >= 0.3 is 0 Å². The Morgan fingerprint density at radius 3 is 2.50 bits per heavy atom. The van der Waals surface area contributed by atoms with Gasteiger partial charge in [-0.1, -0.05) is 24.3 Å². The van der Waals surface area contributed by atoms with E-state index in [0.29, 0.717) is 32.2 Å². The Kier molecular flexibility index (Phi) is 12.8. The van der Waals surface area contributed by atoms with Crippen LogP contribution in [-0.4, -0.2) is 51.5 Å². The number of ether oxygens (including phenoxy) is 3. The van der Waals surface area contributed by atoms with Crippen molar-refractivity contribution < 1.29 is 14.2 Å². The number of nitrogens with zero attached hydrogens (tertiary/aromatic N) is 2. The van der Waals surface area contributed by atoms with Crippen LogP contribution in [0.15, 0.2) is 53.7 Å². The van der Waals surface area contributed by atoms with Gasteiger partial charge in [0.2, 0.25) is 5.88 Å². The Morgan fingerprint density at radius 1 is 1.00 bits per heavy atom. The third kappa shape index (κ3) is 9.75. The van der Waals surface area contributed by atoms with E-state index in [4.69, 9.17) is 14.2 Å². The highest BCUT2D eigenvalue weighted by molar-refractivity contribution is 14.0. The second-order valence-corrected chi connectivity index (χ2v) is 5.71. The van der Waals surface area contributed by atoms with Crippen molar-refractivity contribution in [2.45, 2.75) is 13.0 Å². The van der Waals surface area contributed by atoms with Gasteiger partial charge in [-0.15, -0.1) is 24.0 Å². The summed E-state index contributed by atoms with van der Waals surface area (Å²) in [5.41, 5.74) is 1.05. The van der Waals surface area contributed by atoms with Gasteiger partial charge < -0.3 is 24.8 Å². The van der Waals surface area contributed by atoms with Gasteiger partial charge in [-0.25, -0.2) is 4.98 Å². The first-order valence-electron chi connectivity index (χ1n) is 9.01. The monoisotopic (exact) mass is 500 g/mol. The molecule has 1 heterocycles. The molecule has 154 valence electrons. The van der Waals surface area contributed by atoms with Crippen molar-refractivity contribution in [3.05, 3.63) is 54.2 Å². The summed E-state index contributed by atoms with van der Waals surface area (Å²) in [6.07, 6.45) is 2.67. The number of benzene rings is 1. The molecular weight excluding hydrogens is 471 g/mol. The lowest BCUT2D eigenvalue weighted by Gasteiger charge is -2.12. The highest BCUT2D eigenvalue weighted by atomic mass is 127. The molecule has 0 bridgehead atoms. The molecule has 8 heteroatoms. The van der Waals surface area contributed by atoms with Crippen LogP contribution in [0.3, 0.4) is 0 Å². The molecule has 0 amide bonds. The Bertz CT molecular complexity index is 669. The van der Waals surface area contributed by atoms with E-state index in [1.54, 1.807) is 20.4 Å². The number of hydrogen-bond donors (Lipinski definition) is 2. The quantitative estimate of drug-likeness (QED) is 0.214. The summed E-state index contributed by atoms with van der Waals surface area (Å²) >= 11 is 0. The summed E-state index contributed by atoms with van der Waals surface area (Å²) in [5, 5.41) is 6.53. The normalized spacial score (nSPS) is 10.7.